The quantitative estimate of drug-likeness (QED) is 0.177. The predicted octanol–water partition coefficient (Wildman–Crippen LogP) is 5.76. The molecule has 0 aliphatic heterocycles. The molecule has 6 rings (SSSR count). The van der Waals surface area contributed by atoms with Crippen LogP contribution in [0.4, 0.5) is 0 Å². The van der Waals surface area contributed by atoms with Crippen LogP contribution in [-0.2, 0) is 19.5 Å². The highest BCUT2D eigenvalue weighted by molar-refractivity contribution is 7.18. The van der Waals surface area contributed by atoms with Crippen molar-refractivity contribution in [2.45, 2.75) is 33.4 Å². The lowest BCUT2D eigenvalue weighted by Crippen LogP contribution is -2.41. The molecule has 11 heteroatoms. The number of thiophene rings is 1. The summed E-state index contributed by atoms with van der Waals surface area (Å²) in [6.07, 6.45) is 0.799. The van der Waals surface area contributed by atoms with Gasteiger partial charge in [0.15, 0.2) is 5.78 Å². The summed E-state index contributed by atoms with van der Waals surface area (Å²) in [6.45, 7) is 3.86. The Morgan fingerprint density at radius 1 is 0.911 bits per heavy atom. The van der Waals surface area contributed by atoms with Gasteiger partial charge in [-0.3, -0.25) is 23.2 Å². The van der Waals surface area contributed by atoms with Crippen LogP contribution in [-0.4, -0.2) is 39.3 Å². The highest BCUT2D eigenvalue weighted by Gasteiger charge is 2.20. The zero-order valence-corrected chi connectivity index (χ0v) is 26.0. The second-order valence-electron chi connectivity index (χ2n) is 10.5. The smallest absolute Gasteiger partial charge is 0.417 e. The van der Waals surface area contributed by atoms with E-state index in [0.717, 1.165) is 43.7 Å². The Morgan fingerprint density at radius 2 is 1.67 bits per heavy atom. The summed E-state index contributed by atoms with van der Waals surface area (Å²) in [5.74, 6) is 0.681. The van der Waals surface area contributed by atoms with Crippen molar-refractivity contribution in [3.8, 4) is 34.3 Å². The molecule has 228 valence electrons. The number of methoxy groups -OCH3 is 2. The third kappa shape index (κ3) is 5.69. The SMILES string of the molecule is CCc1cc2c(=O)n(CC(=O)c3ccc(OC)cc3)c(=O)n(Cc3ccc(-c4ccccc4-c4noc(OC)n4)c(C)c3)c2s1. The summed E-state index contributed by atoms with van der Waals surface area (Å²) >= 11 is 1.42. The molecule has 0 radical (unpaired) electrons. The third-order valence-electron chi connectivity index (χ3n) is 7.68. The van der Waals surface area contributed by atoms with Crippen LogP contribution in [0.3, 0.4) is 0 Å². The van der Waals surface area contributed by atoms with E-state index in [9.17, 15) is 14.4 Å². The molecule has 0 aliphatic rings. The van der Waals surface area contributed by atoms with E-state index in [1.807, 2.05) is 62.4 Å². The fourth-order valence-electron chi connectivity index (χ4n) is 5.34. The van der Waals surface area contributed by atoms with Crippen LogP contribution in [0.5, 0.6) is 11.8 Å². The Labute approximate surface area is 262 Å². The Kier molecular flexibility index (Phi) is 8.18. The second-order valence-corrected chi connectivity index (χ2v) is 11.6. The molecule has 0 unspecified atom stereocenters. The van der Waals surface area contributed by atoms with Gasteiger partial charge in [0.1, 0.15) is 10.6 Å². The number of fused-ring (bicyclic) bond motifs is 1. The van der Waals surface area contributed by atoms with Gasteiger partial charge in [0.2, 0.25) is 5.82 Å². The lowest BCUT2D eigenvalue weighted by molar-refractivity contribution is 0.0969. The maximum atomic E-state index is 13.9. The van der Waals surface area contributed by atoms with Gasteiger partial charge < -0.3 is 9.47 Å². The van der Waals surface area contributed by atoms with E-state index in [-0.39, 0.29) is 24.9 Å². The van der Waals surface area contributed by atoms with Crippen LogP contribution >= 0.6 is 11.3 Å². The number of nitrogens with zero attached hydrogens (tertiary/aromatic N) is 4. The van der Waals surface area contributed by atoms with E-state index in [1.54, 1.807) is 35.9 Å². The van der Waals surface area contributed by atoms with Gasteiger partial charge in [0, 0.05) is 16.0 Å². The zero-order chi connectivity index (χ0) is 31.7. The van der Waals surface area contributed by atoms with Crippen molar-refractivity contribution in [1.29, 1.82) is 0 Å². The monoisotopic (exact) mass is 622 g/mol. The summed E-state index contributed by atoms with van der Waals surface area (Å²) < 4.78 is 18.0. The molecule has 0 saturated carbocycles. The summed E-state index contributed by atoms with van der Waals surface area (Å²) in [4.78, 5) is 46.5. The molecule has 0 amide bonds. The van der Waals surface area contributed by atoms with Gasteiger partial charge >= 0.3 is 11.8 Å². The number of carbonyl (C=O) groups excluding carboxylic acids is 1. The van der Waals surface area contributed by atoms with Crippen LogP contribution in [0.1, 0.15) is 33.3 Å². The molecule has 0 bridgehead atoms. The lowest BCUT2D eigenvalue weighted by Gasteiger charge is -2.14. The van der Waals surface area contributed by atoms with Crippen molar-refractivity contribution in [3.63, 3.8) is 0 Å². The van der Waals surface area contributed by atoms with Crippen LogP contribution in [0.15, 0.2) is 86.9 Å². The Hall–Kier alpha value is -5.29. The Balaban J connectivity index is 1.38. The molecular formula is C34H30N4O6S. The van der Waals surface area contributed by atoms with Crippen LogP contribution < -0.4 is 20.7 Å². The highest BCUT2D eigenvalue weighted by atomic mass is 32.1. The standard InChI is InChI=1S/C34H30N4O6S/c1-5-24-17-28-31(40)37(19-29(39)22-11-13-23(42-3)14-12-22)34(41)38(32(28)45-24)18-21-10-15-25(20(2)16-21)26-8-6-7-9-27(26)30-35-33(43-4)44-36-30/h6-17H,5,18-19H2,1-4H3. The minimum Gasteiger partial charge on any atom is -0.497 e. The summed E-state index contributed by atoms with van der Waals surface area (Å²) in [5, 5.41) is 4.48. The van der Waals surface area contributed by atoms with E-state index < -0.39 is 11.2 Å². The van der Waals surface area contributed by atoms with Gasteiger partial charge in [-0.1, -0.05) is 54.5 Å². The van der Waals surface area contributed by atoms with E-state index in [4.69, 9.17) is 14.0 Å². The van der Waals surface area contributed by atoms with E-state index in [2.05, 4.69) is 10.1 Å². The highest BCUT2D eigenvalue weighted by Crippen LogP contribution is 2.34. The molecule has 0 aliphatic carbocycles. The first-order valence-electron chi connectivity index (χ1n) is 14.3. The topological polar surface area (TPSA) is 118 Å². The predicted molar refractivity (Wildman–Crippen MR) is 173 cm³/mol. The minimum atomic E-state index is -0.531. The van der Waals surface area contributed by atoms with E-state index >= 15 is 0 Å². The summed E-state index contributed by atoms with van der Waals surface area (Å²) in [5.41, 5.74) is 3.91. The number of ether oxygens (including phenoxy) is 2. The van der Waals surface area contributed by atoms with Crippen molar-refractivity contribution < 1.29 is 18.8 Å². The van der Waals surface area contributed by atoms with Crippen molar-refractivity contribution in [1.82, 2.24) is 19.3 Å². The molecule has 0 fully saturated rings. The second kappa shape index (κ2) is 12.4. The average molecular weight is 623 g/mol. The Bertz CT molecular complexity index is 2160. The first kappa shape index (κ1) is 29.8. The fraction of sp³-hybridized carbons (Fsp3) is 0.206. The van der Waals surface area contributed by atoms with E-state index in [0.29, 0.717) is 27.4 Å². The molecule has 0 N–H and O–H groups in total. The summed E-state index contributed by atoms with van der Waals surface area (Å²) in [6, 6.07) is 22.2. The van der Waals surface area contributed by atoms with Gasteiger partial charge in [-0.15, -0.1) is 11.3 Å². The molecule has 6 aromatic rings. The number of benzene rings is 3. The third-order valence-corrected chi connectivity index (χ3v) is 8.98. The van der Waals surface area contributed by atoms with Gasteiger partial charge in [-0.05, 0) is 65.9 Å². The maximum absolute atomic E-state index is 13.9. The van der Waals surface area contributed by atoms with Crippen LogP contribution in [0.25, 0.3) is 32.7 Å². The molecule has 45 heavy (non-hydrogen) atoms. The number of hydrogen-bond acceptors (Lipinski definition) is 9. The number of Topliss-reactive ketones (excluding diaryl/α,β-unsaturated/α-hetero) is 1. The molecule has 0 atom stereocenters. The van der Waals surface area contributed by atoms with E-state index in [1.165, 1.54) is 18.4 Å². The van der Waals surface area contributed by atoms with Gasteiger partial charge in [0.05, 0.1) is 32.7 Å². The minimum absolute atomic E-state index is 0.0791. The molecular weight excluding hydrogens is 592 g/mol. The molecule has 10 nitrogen and oxygen atoms in total. The number of ketones is 1. The summed E-state index contributed by atoms with van der Waals surface area (Å²) in [7, 11) is 3.01. The van der Waals surface area contributed by atoms with Crippen molar-refractivity contribution >= 4 is 27.3 Å². The molecule has 3 aromatic heterocycles. The molecule has 0 saturated heterocycles. The molecule has 3 heterocycles. The van der Waals surface area contributed by atoms with Gasteiger partial charge in [0.25, 0.3) is 5.56 Å². The van der Waals surface area contributed by atoms with Crippen LogP contribution in [0.2, 0.25) is 0 Å². The van der Waals surface area contributed by atoms with Gasteiger partial charge in [-0.25, -0.2) is 4.79 Å². The lowest BCUT2D eigenvalue weighted by atomic mass is 9.94. The number of hydrogen-bond donors (Lipinski definition) is 0. The molecule has 3 aromatic carbocycles. The van der Waals surface area contributed by atoms with Gasteiger partial charge in [-0.2, -0.15) is 4.98 Å². The largest absolute Gasteiger partial charge is 0.497 e. The Morgan fingerprint density at radius 3 is 2.33 bits per heavy atom. The van der Waals surface area contributed by atoms with Crippen molar-refractivity contribution in [2.75, 3.05) is 14.2 Å². The molecule has 0 spiro atoms. The first-order valence-corrected chi connectivity index (χ1v) is 15.1. The van der Waals surface area contributed by atoms with Crippen molar-refractivity contribution in [2.24, 2.45) is 0 Å². The fourth-order valence-corrected chi connectivity index (χ4v) is 6.42. The normalized spacial score (nSPS) is 11.2. The van der Waals surface area contributed by atoms with Crippen molar-refractivity contribution in [3.05, 3.63) is 115 Å². The first-order chi connectivity index (χ1) is 21.8. The number of rotatable bonds is 10. The zero-order valence-electron chi connectivity index (χ0n) is 25.2. The number of aryl methyl sites for hydroxylation is 2. The average Bonchev–Trinajstić information content (AvgIpc) is 3.73. The maximum Gasteiger partial charge on any atom is 0.417 e. The number of carbonyl (C=O) groups is 1. The number of aromatic nitrogens is 4. The van der Waals surface area contributed by atoms with Crippen LogP contribution in [0, 0.1) is 6.92 Å².